The van der Waals surface area contributed by atoms with Gasteiger partial charge in [0.2, 0.25) is 0 Å². The Morgan fingerprint density at radius 1 is 1.26 bits per heavy atom. The van der Waals surface area contributed by atoms with Crippen molar-refractivity contribution in [2.24, 2.45) is 5.92 Å². The predicted molar refractivity (Wildman–Crippen MR) is 73.1 cm³/mol. The number of halogens is 2. The molecule has 0 radical (unpaired) electrons. The number of hydrogen-bond donors (Lipinski definition) is 2. The maximum Gasteiger partial charge on any atom is 0.129 e. The molecule has 1 fully saturated rings. The number of hydrogen-bond acceptors (Lipinski definition) is 2. The van der Waals surface area contributed by atoms with E-state index >= 15 is 0 Å². The van der Waals surface area contributed by atoms with Gasteiger partial charge in [0, 0.05) is 6.07 Å². The predicted octanol–water partition coefficient (Wildman–Crippen LogP) is 2.49. The molecule has 1 unspecified atom stereocenters. The summed E-state index contributed by atoms with van der Waals surface area (Å²) in [5.74, 6) is -0.193. The lowest BCUT2D eigenvalue weighted by Crippen LogP contribution is -2.32. The van der Waals surface area contributed by atoms with Gasteiger partial charge >= 0.3 is 0 Å². The number of benzene rings is 1. The minimum atomic E-state index is -0.515. The maximum absolute atomic E-state index is 13.4. The Morgan fingerprint density at radius 2 is 2.16 bits per heavy atom. The highest BCUT2D eigenvalue weighted by Crippen LogP contribution is 2.13. The van der Waals surface area contributed by atoms with E-state index in [1.54, 1.807) is 0 Å². The largest absolute Gasteiger partial charge is 0.316 e. The van der Waals surface area contributed by atoms with E-state index in [1.807, 2.05) is 0 Å². The fourth-order valence-electron chi connectivity index (χ4n) is 2.55. The van der Waals surface area contributed by atoms with Gasteiger partial charge < -0.3 is 10.6 Å². The second kappa shape index (κ2) is 7.56. The van der Waals surface area contributed by atoms with Crippen molar-refractivity contribution < 1.29 is 8.78 Å². The van der Waals surface area contributed by atoms with E-state index in [-0.39, 0.29) is 0 Å². The van der Waals surface area contributed by atoms with Crippen LogP contribution in [-0.4, -0.2) is 26.2 Å². The van der Waals surface area contributed by atoms with Gasteiger partial charge in [-0.1, -0.05) is 6.07 Å². The van der Waals surface area contributed by atoms with E-state index in [0.717, 1.165) is 38.2 Å². The second-order valence-corrected chi connectivity index (χ2v) is 5.24. The van der Waals surface area contributed by atoms with Crippen LogP contribution in [0.1, 0.15) is 24.8 Å². The van der Waals surface area contributed by atoms with Crippen molar-refractivity contribution in [3.8, 4) is 0 Å². The van der Waals surface area contributed by atoms with Crippen LogP contribution in [0.5, 0.6) is 0 Å². The maximum atomic E-state index is 13.4. The molecule has 1 aromatic carbocycles. The highest BCUT2D eigenvalue weighted by Gasteiger charge is 2.11. The van der Waals surface area contributed by atoms with Gasteiger partial charge in [0.15, 0.2) is 0 Å². The lowest BCUT2D eigenvalue weighted by Gasteiger charge is -2.22. The molecule has 0 amide bonds. The molecule has 0 spiro atoms. The van der Waals surface area contributed by atoms with Crippen LogP contribution in [0.2, 0.25) is 0 Å². The molecule has 4 heteroatoms. The van der Waals surface area contributed by atoms with E-state index in [9.17, 15) is 8.78 Å². The van der Waals surface area contributed by atoms with Crippen molar-refractivity contribution in [3.05, 3.63) is 35.4 Å². The third-order valence-electron chi connectivity index (χ3n) is 3.71. The Labute approximate surface area is 113 Å². The molecule has 1 aromatic rings. The zero-order chi connectivity index (χ0) is 13.5. The average Bonchev–Trinajstić information content (AvgIpc) is 2.42. The van der Waals surface area contributed by atoms with Crippen molar-refractivity contribution in [2.45, 2.75) is 25.7 Å². The van der Waals surface area contributed by atoms with E-state index in [1.165, 1.54) is 31.4 Å². The molecule has 1 aliphatic heterocycles. The molecule has 1 heterocycles. The van der Waals surface area contributed by atoms with Crippen LogP contribution >= 0.6 is 0 Å². The molecule has 0 aliphatic carbocycles. The summed E-state index contributed by atoms with van der Waals surface area (Å²) in [6, 6.07) is 3.78. The van der Waals surface area contributed by atoms with Crippen LogP contribution in [0, 0.1) is 17.6 Å². The summed E-state index contributed by atoms with van der Waals surface area (Å²) in [5, 5.41) is 6.74. The molecular weight excluding hydrogens is 246 g/mol. The third-order valence-corrected chi connectivity index (χ3v) is 3.71. The summed E-state index contributed by atoms with van der Waals surface area (Å²) in [6.45, 7) is 3.97. The zero-order valence-corrected chi connectivity index (χ0v) is 11.2. The Hall–Kier alpha value is -1.00. The van der Waals surface area contributed by atoms with E-state index in [2.05, 4.69) is 10.6 Å². The normalized spacial score (nSPS) is 19.6. The van der Waals surface area contributed by atoms with Crippen molar-refractivity contribution in [1.82, 2.24) is 10.6 Å². The Balaban J connectivity index is 1.61. The zero-order valence-electron chi connectivity index (χ0n) is 11.2. The Kier molecular flexibility index (Phi) is 5.73. The van der Waals surface area contributed by atoms with Gasteiger partial charge in [-0.2, -0.15) is 0 Å². The lowest BCUT2D eigenvalue weighted by molar-refractivity contribution is 0.352. The fourth-order valence-corrected chi connectivity index (χ4v) is 2.55. The summed E-state index contributed by atoms with van der Waals surface area (Å²) in [7, 11) is 0. The van der Waals surface area contributed by atoms with Crippen molar-refractivity contribution in [1.29, 1.82) is 0 Å². The molecular formula is C15H22F2N2. The third kappa shape index (κ3) is 4.88. The highest BCUT2D eigenvalue weighted by atomic mass is 19.1. The molecule has 19 heavy (non-hydrogen) atoms. The smallest absolute Gasteiger partial charge is 0.129 e. The molecule has 2 nitrogen and oxygen atoms in total. The monoisotopic (exact) mass is 268 g/mol. The number of piperidine rings is 1. The van der Waals surface area contributed by atoms with Gasteiger partial charge in [-0.15, -0.1) is 0 Å². The van der Waals surface area contributed by atoms with E-state index in [4.69, 9.17) is 0 Å². The first-order chi connectivity index (χ1) is 9.25. The topological polar surface area (TPSA) is 24.1 Å². The lowest BCUT2D eigenvalue weighted by atomic mass is 9.96. The van der Waals surface area contributed by atoms with Crippen LogP contribution in [0.4, 0.5) is 8.78 Å². The van der Waals surface area contributed by atoms with Crippen molar-refractivity contribution in [2.75, 3.05) is 26.2 Å². The van der Waals surface area contributed by atoms with Gasteiger partial charge in [0.25, 0.3) is 0 Å². The van der Waals surface area contributed by atoms with Crippen molar-refractivity contribution in [3.63, 3.8) is 0 Å². The summed E-state index contributed by atoms with van der Waals surface area (Å²) >= 11 is 0. The Morgan fingerprint density at radius 3 is 2.89 bits per heavy atom. The number of rotatable bonds is 6. The van der Waals surface area contributed by atoms with Gasteiger partial charge in [0.05, 0.1) is 0 Å². The summed E-state index contributed by atoms with van der Waals surface area (Å²) in [5.41, 5.74) is 0.577. The molecule has 0 aromatic heterocycles. The molecule has 106 valence electrons. The molecule has 1 aliphatic rings. The molecule has 1 atom stereocenters. The molecule has 0 saturated carbocycles. The summed E-state index contributed by atoms with van der Waals surface area (Å²) < 4.78 is 26.1. The first kappa shape index (κ1) is 14.4. The first-order valence-corrected chi connectivity index (χ1v) is 7.11. The first-order valence-electron chi connectivity index (χ1n) is 7.11. The van der Waals surface area contributed by atoms with Gasteiger partial charge in [-0.25, -0.2) is 8.78 Å². The summed E-state index contributed by atoms with van der Waals surface area (Å²) in [4.78, 5) is 0. The quantitative estimate of drug-likeness (QED) is 0.775. The van der Waals surface area contributed by atoms with Crippen LogP contribution in [0.15, 0.2) is 18.2 Å². The Bertz CT molecular complexity index is 390. The van der Waals surface area contributed by atoms with Crippen molar-refractivity contribution >= 4 is 0 Å². The van der Waals surface area contributed by atoms with Crippen LogP contribution < -0.4 is 10.6 Å². The van der Waals surface area contributed by atoms with Crippen LogP contribution in [0.3, 0.4) is 0 Å². The molecule has 1 saturated heterocycles. The van der Waals surface area contributed by atoms with Crippen LogP contribution in [-0.2, 0) is 6.42 Å². The molecule has 2 N–H and O–H groups in total. The standard InChI is InChI=1S/C15H22F2N2/c16-14-4-3-13(15(17)10-14)6-9-18-8-5-12-2-1-7-19-11-12/h3-4,10,12,18-19H,1-2,5-9,11H2. The van der Waals surface area contributed by atoms with Crippen LogP contribution in [0.25, 0.3) is 0 Å². The summed E-state index contributed by atoms with van der Waals surface area (Å²) in [6.07, 6.45) is 4.35. The number of nitrogens with one attached hydrogen (secondary N) is 2. The SMILES string of the molecule is Fc1ccc(CCNCCC2CCCNC2)c(F)c1. The van der Waals surface area contributed by atoms with Gasteiger partial charge in [0.1, 0.15) is 11.6 Å². The van der Waals surface area contributed by atoms with E-state index < -0.39 is 11.6 Å². The minimum absolute atomic E-state index is 0.446. The van der Waals surface area contributed by atoms with Gasteiger partial charge in [-0.05, 0) is 69.4 Å². The second-order valence-electron chi connectivity index (χ2n) is 5.24. The highest BCUT2D eigenvalue weighted by molar-refractivity contribution is 5.18. The fraction of sp³-hybridized carbons (Fsp3) is 0.600. The molecule has 2 rings (SSSR count). The van der Waals surface area contributed by atoms with E-state index in [0.29, 0.717) is 12.0 Å². The van der Waals surface area contributed by atoms with Gasteiger partial charge in [-0.3, -0.25) is 0 Å². The molecule has 0 bridgehead atoms. The minimum Gasteiger partial charge on any atom is -0.316 e. The average molecular weight is 268 g/mol.